The van der Waals surface area contributed by atoms with E-state index in [1.165, 1.54) is 31.7 Å². The van der Waals surface area contributed by atoms with Crippen molar-refractivity contribution in [3.63, 3.8) is 0 Å². The van der Waals surface area contributed by atoms with Gasteiger partial charge in [0.25, 0.3) is 0 Å². The van der Waals surface area contributed by atoms with Crippen molar-refractivity contribution < 1.29 is 14.0 Å². The van der Waals surface area contributed by atoms with E-state index in [0.29, 0.717) is 36.3 Å². The third kappa shape index (κ3) is 4.75. The number of anilines is 2. The minimum Gasteiger partial charge on any atom is -0.374 e. The van der Waals surface area contributed by atoms with E-state index in [1.807, 2.05) is 13.1 Å². The predicted octanol–water partition coefficient (Wildman–Crippen LogP) is 1.70. The minimum atomic E-state index is -0.505. The lowest BCUT2D eigenvalue weighted by molar-refractivity contribution is -0.133. The molecule has 0 radical (unpaired) electrons. The second kappa shape index (κ2) is 9.31. The van der Waals surface area contributed by atoms with Crippen LogP contribution in [0.3, 0.4) is 0 Å². The van der Waals surface area contributed by atoms with E-state index in [9.17, 15) is 14.0 Å². The Morgan fingerprint density at radius 3 is 2.40 bits per heavy atom. The second-order valence-corrected chi connectivity index (χ2v) is 8.63. The van der Waals surface area contributed by atoms with Crippen LogP contribution < -0.4 is 20.9 Å². The highest BCUT2D eigenvalue weighted by molar-refractivity contribution is 6.01. The van der Waals surface area contributed by atoms with Gasteiger partial charge in [0.1, 0.15) is 11.9 Å². The first-order valence-electron chi connectivity index (χ1n) is 11.1. The Balaban J connectivity index is 1.31. The van der Waals surface area contributed by atoms with Gasteiger partial charge in [-0.05, 0) is 57.4 Å². The van der Waals surface area contributed by atoms with Gasteiger partial charge in [-0.15, -0.1) is 0 Å². The van der Waals surface area contributed by atoms with Crippen molar-refractivity contribution in [3.8, 4) is 0 Å². The fraction of sp³-hybridized carbons (Fsp3) is 0.636. The maximum atomic E-state index is 14.8. The summed E-state index contributed by atoms with van der Waals surface area (Å²) < 4.78 is 14.8. The number of hydrogen-bond acceptors (Lipinski definition) is 6. The first-order chi connectivity index (χ1) is 14.5. The maximum absolute atomic E-state index is 14.8. The zero-order valence-electron chi connectivity index (χ0n) is 17.6. The van der Waals surface area contributed by atoms with E-state index in [1.54, 1.807) is 6.07 Å². The van der Waals surface area contributed by atoms with Gasteiger partial charge in [0.2, 0.25) is 11.8 Å². The first kappa shape index (κ1) is 21.1. The van der Waals surface area contributed by atoms with Crippen LogP contribution in [0, 0.1) is 5.82 Å². The molecule has 1 atom stereocenters. The number of hydrogen-bond donors (Lipinski definition) is 3. The van der Waals surface area contributed by atoms with E-state index in [0.717, 1.165) is 26.2 Å². The van der Waals surface area contributed by atoms with E-state index in [2.05, 4.69) is 25.8 Å². The SMILES string of the molecule is CNC1CCC(N2CCN(c3ccc(NC4CCC(=O)NC4=O)cc3F)CC2)CC1. The number of nitrogens with zero attached hydrogens (tertiary/aromatic N) is 2. The molecule has 2 saturated heterocycles. The molecule has 1 saturated carbocycles. The zero-order chi connectivity index (χ0) is 21.1. The molecular weight excluding hydrogens is 385 g/mol. The zero-order valence-corrected chi connectivity index (χ0v) is 17.6. The summed E-state index contributed by atoms with van der Waals surface area (Å²) in [5.74, 6) is -0.889. The summed E-state index contributed by atoms with van der Waals surface area (Å²) >= 11 is 0. The number of piperazine rings is 1. The van der Waals surface area contributed by atoms with Gasteiger partial charge >= 0.3 is 0 Å². The Bertz CT molecular complexity index is 773. The van der Waals surface area contributed by atoms with Crippen molar-refractivity contribution in [2.24, 2.45) is 0 Å². The number of carbonyl (C=O) groups is 2. The molecule has 3 fully saturated rings. The quantitative estimate of drug-likeness (QED) is 0.633. The molecule has 1 aromatic carbocycles. The Morgan fingerprint density at radius 1 is 1.03 bits per heavy atom. The van der Waals surface area contributed by atoms with Gasteiger partial charge in [-0.2, -0.15) is 0 Å². The van der Waals surface area contributed by atoms with Crippen molar-refractivity contribution in [1.29, 1.82) is 0 Å². The molecule has 3 N–H and O–H groups in total. The topological polar surface area (TPSA) is 76.7 Å². The second-order valence-electron chi connectivity index (χ2n) is 8.63. The van der Waals surface area contributed by atoms with Crippen molar-refractivity contribution in [2.45, 2.75) is 56.7 Å². The fourth-order valence-electron chi connectivity index (χ4n) is 4.94. The van der Waals surface area contributed by atoms with Crippen molar-refractivity contribution >= 4 is 23.2 Å². The third-order valence-electron chi connectivity index (χ3n) is 6.80. The number of halogens is 1. The third-order valence-corrected chi connectivity index (χ3v) is 6.80. The monoisotopic (exact) mass is 417 g/mol. The molecular formula is C22H32FN5O2. The maximum Gasteiger partial charge on any atom is 0.249 e. The molecule has 4 rings (SSSR count). The van der Waals surface area contributed by atoms with Crippen LogP contribution in [0.2, 0.25) is 0 Å². The van der Waals surface area contributed by atoms with Crippen LogP contribution in [0.15, 0.2) is 18.2 Å². The molecule has 1 unspecified atom stereocenters. The van der Waals surface area contributed by atoms with Crippen molar-refractivity contribution in [3.05, 3.63) is 24.0 Å². The predicted molar refractivity (Wildman–Crippen MR) is 115 cm³/mol. The van der Waals surface area contributed by atoms with Crippen LogP contribution in [0.1, 0.15) is 38.5 Å². The molecule has 2 aliphatic heterocycles. The van der Waals surface area contributed by atoms with Crippen LogP contribution in [0.4, 0.5) is 15.8 Å². The Labute approximate surface area is 177 Å². The highest BCUT2D eigenvalue weighted by atomic mass is 19.1. The summed E-state index contributed by atoms with van der Waals surface area (Å²) in [6, 6.07) is 5.86. The molecule has 30 heavy (non-hydrogen) atoms. The molecule has 1 aliphatic carbocycles. The van der Waals surface area contributed by atoms with E-state index in [4.69, 9.17) is 0 Å². The number of imide groups is 1. The summed E-state index contributed by atoms with van der Waals surface area (Å²) in [6.45, 7) is 3.57. The number of benzene rings is 1. The normalized spacial score (nSPS) is 28.3. The smallest absolute Gasteiger partial charge is 0.249 e. The van der Waals surface area contributed by atoms with Gasteiger partial charge in [-0.1, -0.05) is 0 Å². The molecule has 3 aliphatic rings. The van der Waals surface area contributed by atoms with Crippen LogP contribution in [-0.4, -0.2) is 68.1 Å². The summed E-state index contributed by atoms with van der Waals surface area (Å²) in [6.07, 6.45) is 5.66. The van der Waals surface area contributed by atoms with Gasteiger partial charge < -0.3 is 15.5 Å². The molecule has 0 spiro atoms. The number of rotatable bonds is 5. The highest BCUT2D eigenvalue weighted by Gasteiger charge is 2.29. The van der Waals surface area contributed by atoms with E-state index >= 15 is 0 Å². The molecule has 164 valence electrons. The van der Waals surface area contributed by atoms with Crippen LogP contribution in [0.25, 0.3) is 0 Å². The van der Waals surface area contributed by atoms with Crippen LogP contribution in [0.5, 0.6) is 0 Å². The fourth-order valence-corrected chi connectivity index (χ4v) is 4.94. The molecule has 7 nitrogen and oxygen atoms in total. The van der Waals surface area contributed by atoms with Crippen LogP contribution in [-0.2, 0) is 9.59 Å². The molecule has 2 heterocycles. The Kier molecular flexibility index (Phi) is 6.53. The number of carbonyl (C=O) groups excluding carboxylic acids is 2. The Morgan fingerprint density at radius 2 is 1.77 bits per heavy atom. The molecule has 1 aromatic rings. The largest absolute Gasteiger partial charge is 0.374 e. The number of piperidine rings is 1. The first-order valence-corrected chi connectivity index (χ1v) is 11.1. The minimum absolute atomic E-state index is 0.256. The highest BCUT2D eigenvalue weighted by Crippen LogP contribution is 2.28. The number of nitrogens with one attached hydrogen (secondary N) is 3. The van der Waals surface area contributed by atoms with Gasteiger partial charge in [0.15, 0.2) is 0 Å². The van der Waals surface area contributed by atoms with Gasteiger partial charge in [-0.25, -0.2) is 4.39 Å². The van der Waals surface area contributed by atoms with E-state index in [-0.39, 0.29) is 17.6 Å². The lowest BCUT2D eigenvalue weighted by atomic mass is 9.90. The van der Waals surface area contributed by atoms with Gasteiger partial charge in [-0.3, -0.25) is 19.8 Å². The van der Waals surface area contributed by atoms with Gasteiger partial charge in [0, 0.05) is 50.4 Å². The molecule has 8 heteroatoms. The van der Waals surface area contributed by atoms with E-state index < -0.39 is 6.04 Å². The molecule has 0 bridgehead atoms. The summed E-state index contributed by atoms with van der Waals surface area (Å²) in [7, 11) is 2.05. The lowest BCUT2D eigenvalue weighted by Crippen LogP contribution is -2.52. The molecule has 2 amide bonds. The summed E-state index contributed by atoms with van der Waals surface area (Å²) in [4.78, 5) is 27.8. The van der Waals surface area contributed by atoms with Crippen molar-refractivity contribution in [2.75, 3.05) is 43.4 Å². The average Bonchev–Trinajstić information content (AvgIpc) is 2.76. The standard InChI is InChI=1S/C22H32FN5O2/c1-24-15-2-5-17(6-3-15)27-10-12-28(13-11-27)20-8-4-16(14-18(20)23)25-19-7-9-21(29)26-22(19)30/h4,8,14-15,17,19,24-25H,2-3,5-7,9-13H2,1H3,(H,26,29,30). The lowest BCUT2D eigenvalue weighted by Gasteiger charge is -2.42. The van der Waals surface area contributed by atoms with Crippen molar-refractivity contribution in [1.82, 2.24) is 15.5 Å². The summed E-state index contributed by atoms with van der Waals surface area (Å²) in [5, 5.41) is 8.74. The van der Waals surface area contributed by atoms with Gasteiger partial charge in [0.05, 0.1) is 5.69 Å². The average molecular weight is 418 g/mol. The Hall–Kier alpha value is -2.19. The van der Waals surface area contributed by atoms with Crippen LogP contribution >= 0.6 is 0 Å². The molecule has 0 aromatic heterocycles. The number of amides is 2. The summed E-state index contributed by atoms with van der Waals surface area (Å²) in [5.41, 5.74) is 1.17.